The van der Waals surface area contributed by atoms with Gasteiger partial charge in [0.05, 0.1) is 11.8 Å². The van der Waals surface area contributed by atoms with Crippen LogP contribution in [0.1, 0.15) is 34.7 Å². The van der Waals surface area contributed by atoms with Gasteiger partial charge in [-0.15, -0.1) is 0 Å². The van der Waals surface area contributed by atoms with Crippen LogP contribution in [0.3, 0.4) is 0 Å². The molecule has 15 heavy (non-hydrogen) atoms. The molecule has 1 aliphatic carbocycles. The third-order valence-corrected chi connectivity index (χ3v) is 2.65. The molecule has 0 unspecified atom stereocenters. The minimum absolute atomic E-state index is 0.160. The predicted octanol–water partition coefficient (Wildman–Crippen LogP) is 1.30. The van der Waals surface area contributed by atoms with Gasteiger partial charge in [0.25, 0.3) is 0 Å². The molecule has 1 aliphatic rings. The number of rotatable bonds is 2. The van der Waals surface area contributed by atoms with E-state index in [0.717, 1.165) is 11.2 Å². The summed E-state index contributed by atoms with van der Waals surface area (Å²) in [6, 6.07) is 0. The van der Waals surface area contributed by atoms with Crippen LogP contribution in [0.5, 0.6) is 0 Å². The van der Waals surface area contributed by atoms with Crippen LogP contribution >= 0.6 is 0 Å². The second kappa shape index (κ2) is 2.79. The van der Waals surface area contributed by atoms with Crippen LogP contribution < -0.4 is 0 Å². The van der Waals surface area contributed by atoms with Crippen LogP contribution in [0.2, 0.25) is 0 Å². The van der Waals surface area contributed by atoms with Crippen LogP contribution in [0.4, 0.5) is 0 Å². The molecule has 2 heterocycles. The Bertz CT molecular complexity index is 543. The zero-order chi connectivity index (χ0) is 10.4. The van der Waals surface area contributed by atoms with E-state index in [1.54, 1.807) is 6.20 Å². The van der Waals surface area contributed by atoms with Crippen molar-refractivity contribution < 1.29 is 9.90 Å². The Kier molecular flexibility index (Phi) is 1.56. The molecular formula is C10H9N3O2. The summed E-state index contributed by atoms with van der Waals surface area (Å²) in [7, 11) is 0. The lowest BCUT2D eigenvalue weighted by molar-refractivity contribution is 0.0695. The topological polar surface area (TPSA) is 67.5 Å². The SMILES string of the molecule is O=C(O)c1cnc2c(C3CC3)cnn2c1. The van der Waals surface area contributed by atoms with Gasteiger partial charge in [-0.05, 0) is 18.8 Å². The van der Waals surface area contributed by atoms with Gasteiger partial charge in [0.1, 0.15) is 0 Å². The summed E-state index contributed by atoms with van der Waals surface area (Å²) >= 11 is 0. The minimum atomic E-state index is -0.979. The van der Waals surface area contributed by atoms with E-state index in [0.29, 0.717) is 5.92 Å². The third kappa shape index (κ3) is 1.27. The molecule has 0 aromatic carbocycles. The van der Waals surface area contributed by atoms with E-state index in [1.807, 2.05) is 0 Å². The molecule has 0 radical (unpaired) electrons. The molecule has 3 rings (SSSR count). The number of hydrogen-bond acceptors (Lipinski definition) is 3. The summed E-state index contributed by atoms with van der Waals surface area (Å²) in [5.74, 6) is -0.404. The number of aromatic nitrogens is 3. The first-order valence-corrected chi connectivity index (χ1v) is 4.82. The Morgan fingerprint density at radius 2 is 2.27 bits per heavy atom. The molecule has 0 atom stereocenters. The Morgan fingerprint density at radius 3 is 2.93 bits per heavy atom. The lowest BCUT2D eigenvalue weighted by Gasteiger charge is -1.97. The van der Waals surface area contributed by atoms with E-state index in [9.17, 15) is 4.79 Å². The van der Waals surface area contributed by atoms with Gasteiger partial charge in [0.2, 0.25) is 0 Å². The fourth-order valence-electron chi connectivity index (χ4n) is 1.69. The second-order valence-corrected chi connectivity index (χ2v) is 3.79. The Morgan fingerprint density at radius 1 is 1.47 bits per heavy atom. The van der Waals surface area contributed by atoms with Crippen LogP contribution in [0.25, 0.3) is 5.65 Å². The van der Waals surface area contributed by atoms with Crippen molar-refractivity contribution in [1.29, 1.82) is 0 Å². The maximum Gasteiger partial charge on any atom is 0.338 e. The molecule has 5 heteroatoms. The number of fused-ring (bicyclic) bond motifs is 1. The van der Waals surface area contributed by atoms with Crippen molar-refractivity contribution in [2.24, 2.45) is 0 Å². The van der Waals surface area contributed by atoms with Gasteiger partial charge in [-0.2, -0.15) is 5.10 Å². The zero-order valence-electron chi connectivity index (χ0n) is 7.92. The molecule has 0 amide bonds. The van der Waals surface area contributed by atoms with Crippen molar-refractivity contribution in [1.82, 2.24) is 14.6 Å². The van der Waals surface area contributed by atoms with E-state index in [2.05, 4.69) is 10.1 Å². The van der Waals surface area contributed by atoms with Crippen LogP contribution in [0, 0.1) is 0 Å². The Balaban J connectivity index is 2.17. The average molecular weight is 203 g/mol. The maximum absolute atomic E-state index is 10.7. The fraction of sp³-hybridized carbons (Fsp3) is 0.300. The second-order valence-electron chi connectivity index (χ2n) is 3.79. The summed E-state index contributed by atoms with van der Waals surface area (Å²) in [6.07, 6.45) is 7.03. The first-order valence-electron chi connectivity index (χ1n) is 4.82. The highest BCUT2D eigenvalue weighted by atomic mass is 16.4. The van der Waals surface area contributed by atoms with Crippen molar-refractivity contribution >= 4 is 11.6 Å². The predicted molar refractivity (Wildman–Crippen MR) is 51.9 cm³/mol. The van der Waals surface area contributed by atoms with Gasteiger partial charge in [0.15, 0.2) is 5.65 Å². The van der Waals surface area contributed by atoms with Crippen LogP contribution in [0.15, 0.2) is 18.6 Å². The van der Waals surface area contributed by atoms with Gasteiger partial charge >= 0.3 is 5.97 Å². The van der Waals surface area contributed by atoms with Gasteiger partial charge in [-0.25, -0.2) is 14.3 Å². The number of carboxylic acids is 1. The smallest absolute Gasteiger partial charge is 0.338 e. The first-order chi connectivity index (χ1) is 7.25. The van der Waals surface area contributed by atoms with E-state index in [4.69, 9.17) is 5.11 Å². The molecule has 0 spiro atoms. The number of carbonyl (C=O) groups is 1. The Hall–Kier alpha value is -1.91. The molecule has 1 saturated carbocycles. The highest BCUT2D eigenvalue weighted by Gasteiger charge is 2.27. The van der Waals surface area contributed by atoms with E-state index < -0.39 is 5.97 Å². The summed E-state index contributed by atoms with van der Waals surface area (Å²) in [4.78, 5) is 14.9. The molecule has 0 saturated heterocycles. The van der Waals surface area contributed by atoms with Crippen molar-refractivity contribution in [2.45, 2.75) is 18.8 Å². The molecule has 76 valence electrons. The molecular weight excluding hydrogens is 194 g/mol. The van der Waals surface area contributed by atoms with E-state index in [-0.39, 0.29) is 5.56 Å². The van der Waals surface area contributed by atoms with Crippen molar-refractivity contribution in [3.63, 3.8) is 0 Å². The fourth-order valence-corrected chi connectivity index (χ4v) is 1.69. The first kappa shape index (κ1) is 8.40. The number of nitrogens with zero attached hydrogens (tertiary/aromatic N) is 3. The van der Waals surface area contributed by atoms with Crippen LogP contribution in [-0.2, 0) is 0 Å². The van der Waals surface area contributed by atoms with Gasteiger partial charge in [-0.3, -0.25) is 0 Å². The minimum Gasteiger partial charge on any atom is -0.478 e. The van der Waals surface area contributed by atoms with Crippen molar-refractivity contribution in [3.8, 4) is 0 Å². The molecule has 0 bridgehead atoms. The monoisotopic (exact) mass is 203 g/mol. The molecule has 2 aromatic heterocycles. The average Bonchev–Trinajstić information content (AvgIpc) is 2.98. The number of carboxylic acid groups (broad SMARTS) is 1. The van der Waals surface area contributed by atoms with Crippen molar-refractivity contribution in [3.05, 3.63) is 29.7 Å². The molecule has 5 nitrogen and oxygen atoms in total. The highest BCUT2D eigenvalue weighted by Crippen LogP contribution is 2.41. The highest BCUT2D eigenvalue weighted by molar-refractivity contribution is 5.87. The van der Waals surface area contributed by atoms with Crippen molar-refractivity contribution in [2.75, 3.05) is 0 Å². The maximum atomic E-state index is 10.7. The summed E-state index contributed by atoms with van der Waals surface area (Å²) in [5.41, 5.74) is 2.07. The standard InChI is InChI=1S/C10H9N3O2/c14-10(15)7-3-11-9-8(6-1-2-6)4-12-13(9)5-7/h3-6H,1-2H2,(H,14,15). The molecule has 1 N–H and O–H groups in total. The summed E-state index contributed by atoms with van der Waals surface area (Å²) in [5, 5.41) is 12.9. The van der Waals surface area contributed by atoms with Gasteiger partial charge in [0, 0.05) is 18.0 Å². The van der Waals surface area contributed by atoms with E-state index >= 15 is 0 Å². The lowest BCUT2D eigenvalue weighted by atomic mass is 10.2. The molecule has 0 aliphatic heterocycles. The molecule has 2 aromatic rings. The number of aromatic carboxylic acids is 1. The van der Waals surface area contributed by atoms with E-state index in [1.165, 1.54) is 29.8 Å². The van der Waals surface area contributed by atoms with Crippen LogP contribution in [-0.4, -0.2) is 25.7 Å². The zero-order valence-corrected chi connectivity index (χ0v) is 7.92. The molecule has 1 fully saturated rings. The third-order valence-electron chi connectivity index (χ3n) is 2.65. The number of hydrogen-bond donors (Lipinski definition) is 1. The van der Waals surface area contributed by atoms with Gasteiger partial charge < -0.3 is 5.11 Å². The lowest BCUT2D eigenvalue weighted by Crippen LogP contribution is -2.01. The summed E-state index contributed by atoms with van der Waals surface area (Å²) < 4.78 is 1.54. The van der Waals surface area contributed by atoms with Gasteiger partial charge in [-0.1, -0.05) is 0 Å². The largest absolute Gasteiger partial charge is 0.478 e. The Labute approximate surface area is 85.4 Å². The summed E-state index contributed by atoms with van der Waals surface area (Å²) in [6.45, 7) is 0. The normalized spacial score (nSPS) is 15.7. The quantitative estimate of drug-likeness (QED) is 0.798.